The molecule has 1 aliphatic carbocycles. The number of aliphatic hydroxyl groups excluding tert-OH is 1. The molecule has 222 valence electrons. The van der Waals surface area contributed by atoms with Crippen LogP contribution in [0.4, 0.5) is 0 Å². The van der Waals surface area contributed by atoms with Crippen molar-refractivity contribution in [3.05, 3.63) is 48.0 Å². The van der Waals surface area contributed by atoms with Gasteiger partial charge in [-0.1, -0.05) is 101 Å². The Morgan fingerprint density at radius 2 is 1.69 bits per heavy atom. The van der Waals surface area contributed by atoms with Gasteiger partial charge in [-0.25, -0.2) is 0 Å². The molecule has 1 aromatic rings. The average Bonchev–Trinajstić information content (AvgIpc) is 2.91. The largest absolute Gasteiger partial charge is 0.481 e. The number of nitrogens with two attached hydrogens (primary N) is 1. The zero-order valence-corrected chi connectivity index (χ0v) is 25.3. The predicted octanol–water partition coefficient (Wildman–Crippen LogP) is 8.42. The van der Waals surface area contributed by atoms with E-state index in [2.05, 4.69) is 50.3 Å². The van der Waals surface area contributed by atoms with E-state index in [-0.39, 0.29) is 17.8 Å². The van der Waals surface area contributed by atoms with Gasteiger partial charge in [-0.15, -0.1) is 0 Å². The summed E-state index contributed by atoms with van der Waals surface area (Å²) >= 11 is 0. The number of aliphatic carboxylic acids is 1. The topological polar surface area (TPSA) is 83.5 Å². The van der Waals surface area contributed by atoms with Crippen LogP contribution in [0.1, 0.15) is 116 Å². The van der Waals surface area contributed by atoms with Crippen molar-refractivity contribution in [2.75, 3.05) is 6.54 Å². The maximum absolute atomic E-state index is 12.6. The zero-order chi connectivity index (χ0) is 28.5. The van der Waals surface area contributed by atoms with E-state index in [4.69, 9.17) is 5.73 Å². The molecule has 2 rings (SSSR count). The van der Waals surface area contributed by atoms with Crippen molar-refractivity contribution in [1.82, 2.24) is 0 Å². The molecule has 0 aromatic heterocycles. The number of hydrogen-bond acceptors (Lipinski definition) is 3. The fraction of sp³-hybridized carbons (Fsp3) is 0.743. The summed E-state index contributed by atoms with van der Waals surface area (Å²) in [5.74, 6) is -0.0841. The van der Waals surface area contributed by atoms with Gasteiger partial charge in [-0.2, -0.15) is 0 Å². The number of allylic oxidation sites excluding steroid dienone is 2. The van der Waals surface area contributed by atoms with Gasteiger partial charge in [-0.3, -0.25) is 4.79 Å². The lowest BCUT2D eigenvalue weighted by Crippen LogP contribution is -2.47. The van der Waals surface area contributed by atoms with Crippen LogP contribution in [0.15, 0.2) is 42.5 Å². The second-order valence-electron chi connectivity index (χ2n) is 12.4. The lowest BCUT2D eigenvalue weighted by molar-refractivity contribution is -0.153. The molecule has 7 atom stereocenters. The monoisotopic (exact) mass is 541 g/mol. The molecule has 1 aliphatic rings. The number of carboxylic acids is 1. The van der Waals surface area contributed by atoms with Gasteiger partial charge >= 0.3 is 5.97 Å². The van der Waals surface area contributed by atoms with Crippen molar-refractivity contribution >= 4 is 5.97 Å². The molecule has 4 heteroatoms. The molecule has 7 unspecified atom stereocenters. The van der Waals surface area contributed by atoms with E-state index in [1.165, 1.54) is 63.4 Å². The summed E-state index contributed by atoms with van der Waals surface area (Å²) in [6.07, 6.45) is 21.5. The Labute approximate surface area is 239 Å². The van der Waals surface area contributed by atoms with Crippen molar-refractivity contribution in [2.45, 2.75) is 123 Å². The van der Waals surface area contributed by atoms with Crippen LogP contribution in [-0.4, -0.2) is 28.8 Å². The zero-order valence-electron chi connectivity index (χ0n) is 25.3. The lowest BCUT2D eigenvalue weighted by atomic mass is 9.57. The highest BCUT2D eigenvalue weighted by molar-refractivity contribution is 5.71. The minimum Gasteiger partial charge on any atom is -0.481 e. The van der Waals surface area contributed by atoms with Gasteiger partial charge in [-0.05, 0) is 100.0 Å². The third-order valence-corrected chi connectivity index (χ3v) is 9.33. The molecule has 0 amide bonds. The molecule has 4 N–H and O–H groups in total. The molecule has 0 radical (unpaired) electrons. The van der Waals surface area contributed by atoms with Crippen molar-refractivity contribution in [3.63, 3.8) is 0 Å². The SMILES string of the molecule is CCCCCCC=CCC(CCCCC)CC1CCC(Cc2ccccc2)C(C(C(=O)O)C(C)O)C1CCN. The highest BCUT2D eigenvalue weighted by Crippen LogP contribution is 2.49. The number of carboxylic acid groups (broad SMARTS) is 1. The maximum Gasteiger partial charge on any atom is 0.309 e. The van der Waals surface area contributed by atoms with Crippen LogP contribution in [0, 0.1) is 35.5 Å². The van der Waals surface area contributed by atoms with Crippen LogP contribution >= 0.6 is 0 Å². The second kappa shape index (κ2) is 19.4. The molecule has 1 saturated carbocycles. The van der Waals surface area contributed by atoms with E-state index in [0.29, 0.717) is 18.4 Å². The second-order valence-corrected chi connectivity index (χ2v) is 12.4. The highest BCUT2D eigenvalue weighted by atomic mass is 16.4. The Morgan fingerprint density at radius 1 is 1.00 bits per heavy atom. The minimum absolute atomic E-state index is 0.0598. The summed E-state index contributed by atoms with van der Waals surface area (Å²) in [5.41, 5.74) is 7.45. The maximum atomic E-state index is 12.6. The van der Waals surface area contributed by atoms with Crippen molar-refractivity contribution in [3.8, 4) is 0 Å². The van der Waals surface area contributed by atoms with Crippen molar-refractivity contribution in [1.29, 1.82) is 0 Å². The predicted molar refractivity (Wildman–Crippen MR) is 165 cm³/mol. The summed E-state index contributed by atoms with van der Waals surface area (Å²) in [7, 11) is 0. The quantitative estimate of drug-likeness (QED) is 0.114. The van der Waals surface area contributed by atoms with Crippen molar-refractivity contribution < 1.29 is 15.0 Å². The molecular formula is C35H59NO3. The fourth-order valence-corrected chi connectivity index (χ4v) is 7.36. The Kier molecular flexibility index (Phi) is 16.7. The third-order valence-electron chi connectivity index (χ3n) is 9.33. The smallest absolute Gasteiger partial charge is 0.309 e. The molecular weight excluding hydrogens is 482 g/mol. The van der Waals surface area contributed by atoms with Crippen LogP contribution in [0.2, 0.25) is 0 Å². The normalized spacial score (nSPS) is 24.0. The van der Waals surface area contributed by atoms with Gasteiger partial charge in [0, 0.05) is 0 Å². The van der Waals surface area contributed by atoms with Crippen LogP contribution in [0.5, 0.6) is 0 Å². The first kappa shape index (κ1) is 33.6. The van der Waals surface area contributed by atoms with Gasteiger partial charge in [0.2, 0.25) is 0 Å². The number of rotatable bonds is 20. The van der Waals surface area contributed by atoms with E-state index in [9.17, 15) is 15.0 Å². The minimum atomic E-state index is -0.874. The molecule has 0 saturated heterocycles. The van der Waals surface area contributed by atoms with E-state index < -0.39 is 18.0 Å². The summed E-state index contributed by atoms with van der Waals surface area (Å²) in [4.78, 5) is 12.6. The molecule has 0 aliphatic heterocycles. The summed E-state index contributed by atoms with van der Waals surface area (Å²) < 4.78 is 0. The summed E-state index contributed by atoms with van der Waals surface area (Å²) in [5, 5.41) is 21.0. The first-order chi connectivity index (χ1) is 18.9. The molecule has 1 fully saturated rings. The van der Waals surface area contributed by atoms with Crippen molar-refractivity contribution in [2.24, 2.45) is 41.2 Å². The number of unbranched alkanes of at least 4 members (excludes halogenated alkanes) is 6. The van der Waals surface area contributed by atoms with Gasteiger partial charge in [0.1, 0.15) is 0 Å². The summed E-state index contributed by atoms with van der Waals surface area (Å²) in [6, 6.07) is 10.5. The average molecular weight is 542 g/mol. The molecule has 0 heterocycles. The lowest BCUT2D eigenvalue weighted by Gasteiger charge is -2.47. The highest BCUT2D eigenvalue weighted by Gasteiger charge is 2.47. The van der Waals surface area contributed by atoms with E-state index >= 15 is 0 Å². The molecule has 1 aromatic carbocycles. The van der Waals surface area contributed by atoms with Crippen LogP contribution in [-0.2, 0) is 11.2 Å². The van der Waals surface area contributed by atoms with Crippen LogP contribution in [0.25, 0.3) is 0 Å². The van der Waals surface area contributed by atoms with E-state index in [1.54, 1.807) is 6.92 Å². The van der Waals surface area contributed by atoms with Gasteiger partial charge in [0.05, 0.1) is 12.0 Å². The van der Waals surface area contributed by atoms with E-state index in [1.807, 2.05) is 6.07 Å². The molecule has 0 spiro atoms. The number of hydrogen-bond donors (Lipinski definition) is 3. The van der Waals surface area contributed by atoms with Gasteiger partial charge in [0.15, 0.2) is 0 Å². The Hall–Kier alpha value is -1.65. The van der Waals surface area contributed by atoms with Crippen LogP contribution in [0.3, 0.4) is 0 Å². The fourth-order valence-electron chi connectivity index (χ4n) is 7.36. The van der Waals surface area contributed by atoms with Crippen LogP contribution < -0.4 is 5.73 Å². The van der Waals surface area contributed by atoms with Gasteiger partial charge < -0.3 is 15.9 Å². The van der Waals surface area contributed by atoms with Gasteiger partial charge in [0.25, 0.3) is 0 Å². The van der Waals surface area contributed by atoms with E-state index in [0.717, 1.165) is 38.5 Å². The number of benzene rings is 1. The first-order valence-electron chi connectivity index (χ1n) is 16.2. The standard InChI is InChI=1S/C35H59NO3/c1-4-6-8-9-10-11-14-18-28(17-13-7-5-2)25-30-21-22-31(26-29-19-15-12-16-20-29)34(32(30)23-24-36)33(27(3)37)35(38)39/h11-12,14-16,19-20,27-28,30-34,37H,4-10,13,17-18,21-26,36H2,1-3H3,(H,38,39). The number of aliphatic hydroxyl groups is 1. The Morgan fingerprint density at radius 3 is 2.33 bits per heavy atom. The molecule has 39 heavy (non-hydrogen) atoms. The molecule has 4 nitrogen and oxygen atoms in total. The third kappa shape index (κ3) is 11.8. The number of carbonyl (C=O) groups is 1. The Balaban J connectivity index is 2.23. The summed E-state index contributed by atoms with van der Waals surface area (Å²) in [6.45, 7) is 6.76. The first-order valence-corrected chi connectivity index (χ1v) is 16.2. The molecule has 0 bridgehead atoms. The Bertz CT molecular complexity index is 792.